The summed E-state index contributed by atoms with van der Waals surface area (Å²) in [7, 11) is 0. The molecule has 0 saturated carbocycles. The highest BCUT2D eigenvalue weighted by Gasteiger charge is 2.07. The smallest absolute Gasteiger partial charge is 0.0794 e. The number of thiazole rings is 1. The molecule has 0 amide bonds. The van der Waals surface area contributed by atoms with Gasteiger partial charge in [0.2, 0.25) is 0 Å². The Bertz CT molecular complexity index is 454. The molecular weight excluding hydrogens is 248 g/mol. The van der Waals surface area contributed by atoms with Crippen molar-refractivity contribution in [2.45, 2.75) is 24.3 Å². The molecule has 0 aliphatic heterocycles. The molecular formula is C13H16N2S2. The highest BCUT2D eigenvalue weighted by molar-refractivity contribution is 7.99. The lowest BCUT2D eigenvalue weighted by molar-refractivity contribution is 0.756. The van der Waals surface area contributed by atoms with E-state index in [1.807, 2.05) is 23.5 Å². The minimum Gasteiger partial charge on any atom is -0.327 e. The van der Waals surface area contributed by atoms with Gasteiger partial charge in [-0.05, 0) is 25.0 Å². The van der Waals surface area contributed by atoms with Crippen molar-refractivity contribution < 1.29 is 0 Å². The third-order valence-corrected chi connectivity index (χ3v) is 4.66. The molecule has 90 valence electrons. The zero-order chi connectivity index (χ0) is 12.1. The monoisotopic (exact) mass is 264 g/mol. The minimum absolute atomic E-state index is 0.194. The van der Waals surface area contributed by atoms with Crippen LogP contribution in [0.5, 0.6) is 0 Å². The first kappa shape index (κ1) is 12.6. The van der Waals surface area contributed by atoms with E-state index in [1.165, 1.54) is 15.3 Å². The Kier molecular flexibility index (Phi) is 4.59. The summed E-state index contributed by atoms with van der Waals surface area (Å²) in [5.74, 6) is 0.947. The fourth-order valence-electron chi connectivity index (χ4n) is 1.58. The Morgan fingerprint density at radius 2 is 2.24 bits per heavy atom. The number of aryl methyl sites for hydroxylation is 1. The van der Waals surface area contributed by atoms with Crippen LogP contribution in [0.25, 0.3) is 0 Å². The van der Waals surface area contributed by atoms with E-state index in [1.54, 1.807) is 11.3 Å². The van der Waals surface area contributed by atoms with Gasteiger partial charge >= 0.3 is 0 Å². The second-order valence-corrected chi connectivity index (χ2v) is 6.04. The summed E-state index contributed by atoms with van der Waals surface area (Å²) >= 11 is 3.51. The topological polar surface area (TPSA) is 38.9 Å². The van der Waals surface area contributed by atoms with Gasteiger partial charge < -0.3 is 5.73 Å². The highest BCUT2D eigenvalue weighted by atomic mass is 32.2. The molecule has 0 spiro atoms. The molecule has 2 rings (SSSR count). The van der Waals surface area contributed by atoms with Crippen molar-refractivity contribution in [3.63, 3.8) is 0 Å². The Balaban J connectivity index is 1.84. The van der Waals surface area contributed by atoms with Crippen LogP contribution in [-0.2, 0) is 6.42 Å². The van der Waals surface area contributed by atoms with Crippen LogP contribution in [0.1, 0.15) is 10.4 Å². The average Bonchev–Trinajstić information content (AvgIpc) is 2.81. The van der Waals surface area contributed by atoms with Gasteiger partial charge in [0.15, 0.2) is 0 Å². The second-order valence-electron chi connectivity index (χ2n) is 4.01. The molecule has 4 heteroatoms. The Morgan fingerprint density at radius 3 is 2.94 bits per heavy atom. The molecule has 2 N–H and O–H groups in total. The van der Waals surface area contributed by atoms with Crippen molar-refractivity contribution in [3.05, 3.63) is 46.4 Å². The summed E-state index contributed by atoms with van der Waals surface area (Å²) in [4.78, 5) is 6.66. The molecule has 1 aromatic carbocycles. The Labute approximate surface area is 110 Å². The molecule has 0 saturated heterocycles. The van der Waals surface area contributed by atoms with E-state index in [2.05, 4.69) is 36.2 Å². The molecule has 17 heavy (non-hydrogen) atoms. The quantitative estimate of drug-likeness (QED) is 0.843. The van der Waals surface area contributed by atoms with Gasteiger partial charge in [0.25, 0.3) is 0 Å². The Hall–Kier alpha value is -0.840. The number of hydrogen-bond acceptors (Lipinski definition) is 4. The molecule has 2 nitrogen and oxygen atoms in total. The summed E-state index contributed by atoms with van der Waals surface area (Å²) in [5.41, 5.74) is 9.30. The molecule has 1 atom stereocenters. The van der Waals surface area contributed by atoms with Crippen LogP contribution in [0, 0.1) is 6.92 Å². The summed E-state index contributed by atoms with van der Waals surface area (Å²) in [6, 6.07) is 8.62. The molecule has 0 radical (unpaired) electrons. The van der Waals surface area contributed by atoms with Crippen LogP contribution in [0.15, 0.2) is 40.9 Å². The predicted octanol–water partition coefficient (Wildman–Crippen LogP) is 3.11. The molecule has 0 aliphatic rings. The molecule has 0 fully saturated rings. The van der Waals surface area contributed by atoms with Gasteiger partial charge in [-0.2, -0.15) is 0 Å². The maximum atomic E-state index is 6.12. The van der Waals surface area contributed by atoms with E-state index in [0.717, 1.165) is 12.2 Å². The molecule has 2 aromatic rings. The highest BCUT2D eigenvalue weighted by Crippen LogP contribution is 2.23. The van der Waals surface area contributed by atoms with Crippen LogP contribution in [0.2, 0.25) is 0 Å². The third kappa shape index (κ3) is 3.84. The zero-order valence-electron chi connectivity index (χ0n) is 9.80. The zero-order valence-corrected chi connectivity index (χ0v) is 11.4. The fraction of sp³-hybridized carbons (Fsp3) is 0.308. The van der Waals surface area contributed by atoms with E-state index in [-0.39, 0.29) is 6.04 Å². The first-order valence-corrected chi connectivity index (χ1v) is 7.43. The summed E-state index contributed by atoms with van der Waals surface area (Å²) in [5, 5.41) is 0. The lowest BCUT2D eigenvalue weighted by atomic mass is 10.2. The predicted molar refractivity (Wildman–Crippen MR) is 75.7 cm³/mol. The number of benzene rings is 1. The van der Waals surface area contributed by atoms with Gasteiger partial charge in [-0.3, -0.25) is 4.98 Å². The van der Waals surface area contributed by atoms with Gasteiger partial charge in [0.1, 0.15) is 0 Å². The van der Waals surface area contributed by atoms with Crippen LogP contribution in [0.3, 0.4) is 0 Å². The van der Waals surface area contributed by atoms with E-state index in [9.17, 15) is 0 Å². The van der Waals surface area contributed by atoms with Gasteiger partial charge in [-0.25, -0.2) is 0 Å². The number of nitrogens with two attached hydrogens (primary N) is 1. The maximum absolute atomic E-state index is 6.12. The number of aromatic nitrogens is 1. The number of rotatable bonds is 5. The van der Waals surface area contributed by atoms with Gasteiger partial charge in [-0.1, -0.05) is 18.2 Å². The van der Waals surface area contributed by atoms with E-state index in [0.29, 0.717) is 0 Å². The van der Waals surface area contributed by atoms with Crippen molar-refractivity contribution in [2.75, 3.05) is 5.75 Å². The summed E-state index contributed by atoms with van der Waals surface area (Å²) in [6.45, 7) is 2.14. The van der Waals surface area contributed by atoms with Gasteiger partial charge in [0.05, 0.1) is 5.51 Å². The lowest BCUT2D eigenvalue weighted by Crippen LogP contribution is -2.25. The minimum atomic E-state index is 0.194. The van der Waals surface area contributed by atoms with Crippen LogP contribution < -0.4 is 5.73 Å². The largest absolute Gasteiger partial charge is 0.327 e. The van der Waals surface area contributed by atoms with Crippen LogP contribution >= 0.6 is 23.1 Å². The van der Waals surface area contributed by atoms with Crippen molar-refractivity contribution in [2.24, 2.45) is 5.73 Å². The summed E-state index contributed by atoms with van der Waals surface area (Å²) in [6.07, 6.45) is 2.83. The van der Waals surface area contributed by atoms with Crippen molar-refractivity contribution in [1.29, 1.82) is 0 Å². The normalized spacial score (nSPS) is 12.6. The third-order valence-electron chi connectivity index (χ3n) is 2.49. The fourth-order valence-corrected chi connectivity index (χ4v) is 3.25. The SMILES string of the molecule is Cc1ccccc1SCC(N)Cc1cncs1. The van der Waals surface area contributed by atoms with E-state index in [4.69, 9.17) is 5.73 Å². The maximum Gasteiger partial charge on any atom is 0.0794 e. The van der Waals surface area contributed by atoms with Crippen molar-refractivity contribution >= 4 is 23.1 Å². The van der Waals surface area contributed by atoms with Crippen molar-refractivity contribution in [1.82, 2.24) is 4.98 Å². The van der Waals surface area contributed by atoms with E-state index < -0.39 is 0 Å². The van der Waals surface area contributed by atoms with Gasteiger partial charge in [0, 0.05) is 27.8 Å². The molecule has 1 aromatic heterocycles. The molecule has 1 heterocycles. The molecule has 1 unspecified atom stereocenters. The number of hydrogen-bond donors (Lipinski definition) is 1. The average molecular weight is 264 g/mol. The van der Waals surface area contributed by atoms with E-state index >= 15 is 0 Å². The molecule has 0 aliphatic carbocycles. The van der Waals surface area contributed by atoms with Gasteiger partial charge in [-0.15, -0.1) is 23.1 Å². The number of thioether (sulfide) groups is 1. The van der Waals surface area contributed by atoms with Crippen molar-refractivity contribution in [3.8, 4) is 0 Å². The Morgan fingerprint density at radius 1 is 1.41 bits per heavy atom. The van der Waals surface area contributed by atoms with Crippen LogP contribution in [-0.4, -0.2) is 16.8 Å². The molecule has 0 bridgehead atoms. The second kappa shape index (κ2) is 6.19. The summed E-state index contributed by atoms with van der Waals surface area (Å²) < 4.78 is 0. The number of nitrogens with zero attached hydrogens (tertiary/aromatic N) is 1. The first-order chi connectivity index (χ1) is 8.25. The first-order valence-electron chi connectivity index (χ1n) is 5.57. The standard InChI is InChI=1S/C13H16N2S2/c1-10-4-2-3-5-13(10)16-8-11(14)6-12-7-15-9-17-12/h2-5,7,9,11H,6,8,14H2,1H3. The van der Waals surface area contributed by atoms with Crippen LogP contribution in [0.4, 0.5) is 0 Å². The lowest BCUT2D eigenvalue weighted by Gasteiger charge is -2.11.